The number of nitrogens with one attached hydrogen (secondary N) is 1. The summed E-state index contributed by atoms with van der Waals surface area (Å²) in [6, 6.07) is 11.9. The number of carbonyl (C=O) groups excluding carboxylic acids is 1. The summed E-state index contributed by atoms with van der Waals surface area (Å²) < 4.78 is 1.65. The second kappa shape index (κ2) is 7.59. The molecule has 24 heavy (non-hydrogen) atoms. The Bertz CT molecular complexity index is 798. The smallest absolute Gasteiger partial charge is 0.233 e. The summed E-state index contributed by atoms with van der Waals surface area (Å²) >= 11 is 2.96. The fourth-order valence-corrected chi connectivity index (χ4v) is 3.52. The van der Waals surface area contributed by atoms with Gasteiger partial charge in [0.1, 0.15) is 0 Å². The van der Waals surface area contributed by atoms with E-state index in [4.69, 9.17) is 0 Å². The van der Waals surface area contributed by atoms with Crippen LogP contribution in [0.5, 0.6) is 0 Å². The lowest BCUT2D eigenvalue weighted by Crippen LogP contribution is -2.30. The highest BCUT2D eigenvalue weighted by Gasteiger charge is 2.19. The highest BCUT2D eigenvalue weighted by Crippen LogP contribution is 2.23. The molecule has 1 atom stereocenters. The molecule has 1 aromatic carbocycles. The lowest BCUT2D eigenvalue weighted by molar-refractivity contribution is -0.120. The third kappa shape index (κ3) is 4.01. The van der Waals surface area contributed by atoms with Gasteiger partial charge in [-0.25, -0.2) is 0 Å². The summed E-state index contributed by atoms with van der Waals surface area (Å²) in [5.41, 5.74) is 2.04. The molecular weight excluding hydrogens is 342 g/mol. The summed E-state index contributed by atoms with van der Waals surface area (Å²) in [5.74, 6) is -0.0353. The van der Waals surface area contributed by atoms with E-state index in [0.29, 0.717) is 11.7 Å². The first-order chi connectivity index (χ1) is 11.6. The Balaban J connectivity index is 1.64. The third-order valence-electron chi connectivity index (χ3n) is 3.39. The molecule has 124 valence electrons. The molecule has 0 aliphatic carbocycles. The molecule has 3 rings (SSSR count). The van der Waals surface area contributed by atoms with Crippen molar-refractivity contribution in [2.75, 3.05) is 0 Å². The number of tetrazole rings is 1. The van der Waals surface area contributed by atoms with Crippen LogP contribution in [-0.4, -0.2) is 31.4 Å². The molecule has 1 unspecified atom stereocenters. The minimum absolute atomic E-state index is 0.0353. The maximum absolute atomic E-state index is 12.3. The van der Waals surface area contributed by atoms with Crippen molar-refractivity contribution in [3.05, 3.63) is 52.2 Å². The number of hydrogen-bond donors (Lipinski definition) is 1. The molecule has 2 heterocycles. The maximum atomic E-state index is 12.3. The number of aryl methyl sites for hydroxylation is 1. The minimum Gasteiger partial charge on any atom is -0.350 e. The topological polar surface area (TPSA) is 72.7 Å². The molecule has 0 radical (unpaired) electrons. The van der Waals surface area contributed by atoms with Gasteiger partial charge in [0.25, 0.3) is 0 Å². The monoisotopic (exact) mass is 359 g/mol. The standard InChI is InChI=1S/C16H17N5OS2/c1-11-5-7-13(8-6-11)21-16(18-19-20-21)24-12(2)15(22)17-10-14-4-3-9-23-14/h3-9,12H,10H2,1-2H3,(H,17,22). The Kier molecular flexibility index (Phi) is 5.27. The number of rotatable bonds is 6. The van der Waals surface area contributed by atoms with E-state index in [1.165, 1.54) is 17.3 Å². The normalized spacial score (nSPS) is 12.1. The zero-order valence-electron chi connectivity index (χ0n) is 13.3. The van der Waals surface area contributed by atoms with E-state index in [2.05, 4.69) is 20.8 Å². The lowest BCUT2D eigenvalue weighted by atomic mass is 10.2. The van der Waals surface area contributed by atoms with Gasteiger partial charge in [0.15, 0.2) is 0 Å². The second-order valence-corrected chi connectivity index (χ2v) is 7.61. The van der Waals surface area contributed by atoms with Crippen molar-refractivity contribution in [1.29, 1.82) is 0 Å². The van der Waals surface area contributed by atoms with Crippen molar-refractivity contribution >= 4 is 29.0 Å². The van der Waals surface area contributed by atoms with E-state index in [0.717, 1.165) is 10.6 Å². The van der Waals surface area contributed by atoms with Crippen LogP contribution in [0.2, 0.25) is 0 Å². The lowest BCUT2D eigenvalue weighted by Gasteiger charge is -2.11. The first-order valence-corrected chi connectivity index (χ1v) is 9.21. The molecule has 0 saturated heterocycles. The molecule has 6 nitrogen and oxygen atoms in total. The minimum atomic E-state index is -0.292. The fourth-order valence-electron chi connectivity index (χ4n) is 2.04. The van der Waals surface area contributed by atoms with E-state index >= 15 is 0 Å². The maximum Gasteiger partial charge on any atom is 0.233 e. The van der Waals surface area contributed by atoms with Crippen molar-refractivity contribution in [2.45, 2.75) is 30.8 Å². The van der Waals surface area contributed by atoms with E-state index in [-0.39, 0.29) is 11.2 Å². The van der Waals surface area contributed by atoms with Gasteiger partial charge in [0.05, 0.1) is 17.5 Å². The molecule has 1 amide bonds. The molecule has 0 bridgehead atoms. The van der Waals surface area contributed by atoms with Crippen LogP contribution in [0.3, 0.4) is 0 Å². The van der Waals surface area contributed by atoms with Gasteiger partial charge in [-0.05, 0) is 47.9 Å². The van der Waals surface area contributed by atoms with E-state index < -0.39 is 0 Å². The highest BCUT2D eigenvalue weighted by molar-refractivity contribution is 8.00. The van der Waals surface area contributed by atoms with Gasteiger partial charge in [-0.1, -0.05) is 35.5 Å². The summed E-state index contributed by atoms with van der Waals surface area (Å²) in [6.45, 7) is 4.42. The van der Waals surface area contributed by atoms with Crippen LogP contribution in [0.4, 0.5) is 0 Å². The van der Waals surface area contributed by atoms with Crippen LogP contribution in [0.25, 0.3) is 5.69 Å². The Labute approximate surface area is 148 Å². The van der Waals surface area contributed by atoms with Crippen LogP contribution in [0.15, 0.2) is 46.9 Å². The van der Waals surface area contributed by atoms with Crippen LogP contribution in [0.1, 0.15) is 17.4 Å². The average Bonchev–Trinajstić information content (AvgIpc) is 3.25. The van der Waals surface area contributed by atoms with Gasteiger partial charge < -0.3 is 5.32 Å². The summed E-state index contributed by atoms with van der Waals surface area (Å²) in [7, 11) is 0. The predicted molar refractivity (Wildman–Crippen MR) is 95.4 cm³/mol. The Morgan fingerprint density at radius 1 is 1.33 bits per heavy atom. The Morgan fingerprint density at radius 2 is 2.12 bits per heavy atom. The molecule has 0 aliphatic rings. The molecule has 0 fully saturated rings. The van der Waals surface area contributed by atoms with Crippen molar-refractivity contribution < 1.29 is 4.79 Å². The van der Waals surface area contributed by atoms with Crippen LogP contribution >= 0.6 is 23.1 Å². The fraction of sp³-hybridized carbons (Fsp3) is 0.250. The molecular formula is C16H17N5OS2. The quantitative estimate of drug-likeness (QED) is 0.685. The number of amides is 1. The van der Waals surface area contributed by atoms with Gasteiger partial charge in [-0.15, -0.1) is 16.4 Å². The summed E-state index contributed by atoms with van der Waals surface area (Å²) in [4.78, 5) is 13.4. The second-order valence-electron chi connectivity index (χ2n) is 5.27. The van der Waals surface area contributed by atoms with Gasteiger partial charge >= 0.3 is 0 Å². The molecule has 8 heteroatoms. The number of nitrogens with zero attached hydrogens (tertiary/aromatic N) is 4. The third-order valence-corrected chi connectivity index (χ3v) is 5.30. The summed E-state index contributed by atoms with van der Waals surface area (Å²) in [5, 5.41) is 17.0. The van der Waals surface area contributed by atoms with E-state index in [1.807, 2.05) is 55.6 Å². The molecule has 1 N–H and O–H groups in total. The number of aromatic nitrogens is 4. The first kappa shape index (κ1) is 16.7. The number of thioether (sulfide) groups is 1. The number of benzene rings is 1. The van der Waals surface area contributed by atoms with Crippen molar-refractivity contribution in [2.24, 2.45) is 0 Å². The van der Waals surface area contributed by atoms with Crippen molar-refractivity contribution in [1.82, 2.24) is 25.5 Å². The summed E-state index contributed by atoms with van der Waals surface area (Å²) in [6.07, 6.45) is 0. The Hall–Kier alpha value is -2.19. The number of hydrogen-bond acceptors (Lipinski definition) is 6. The highest BCUT2D eigenvalue weighted by atomic mass is 32.2. The predicted octanol–water partition coefficient (Wildman–Crippen LogP) is 2.83. The zero-order valence-corrected chi connectivity index (χ0v) is 15.0. The number of thiophene rings is 1. The number of carbonyl (C=O) groups is 1. The SMILES string of the molecule is Cc1ccc(-n2nnnc2SC(C)C(=O)NCc2cccs2)cc1. The average molecular weight is 359 g/mol. The Morgan fingerprint density at radius 3 is 2.83 bits per heavy atom. The van der Waals surface area contributed by atoms with Gasteiger partial charge in [-0.2, -0.15) is 4.68 Å². The van der Waals surface area contributed by atoms with Gasteiger partial charge in [0, 0.05) is 4.88 Å². The first-order valence-electron chi connectivity index (χ1n) is 7.45. The molecule has 0 saturated carbocycles. The van der Waals surface area contributed by atoms with Crippen molar-refractivity contribution in [3.63, 3.8) is 0 Å². The van der Waals surface area contributed by atoms with Crippen LogP contribution < -0.4 is 5.32 Å². The molecule has 0 spiro atoms. The molecule has 3 aromatic rings. The van der Waals surface area contributed by atoms with E-state index in [9.17, 15) is 4.79 Å². The van der Waals surface area contributed by atoms with Crippen molar-refractivity contribution in [3.8, 4) is 5.69 Å². The largest absolute Gasteiger partial charge is 0.350 e. The zero-order chi connectivity index (χ0) is 16.9. The van der Waals surface area contributed by atoms with Gasteiger partial charge in [-0.3, -0.25) is 4.79 Å². The van der Waals surface area contributed by atoms with E-state index in [1.54, 1.807) is 16.0 Å². The molecule has 0 aliphatic heterocycles. The van der Waals surface area contributed by atoms with Crippen LogP contribution in [-0.2, 0) is 11.3 Å². The molecule has 2 aromatic heterocycles. The van der Waals surface area contributed by atoms with Gasteiger partial charge in [0.2, 0.25) is 11.1 Å². The van der Waals surface area contributed by atoms with Crippen LogP contribution in [0, 0.1) is 6.92 Å².